The first-order valence-corrected chi connectivity index (χ1v) is 3.22. The van der Waals surface area contributed by atoms with Crippen molar-refractivity contribution in [3.05, 3.63) is 4.91 Å². The van der Waals surface area contributed by atoms with Crippen molar-refractivity contribution in [1.29, 1.82) is 0 Å². The zero-order valence-corrected chi connectivity index (χ0v) is 5.73. The van der Waals surface area contributed by atoms with Crippen molar-refractivity contribution >= 4 is 0 Å². The molecule has 0 aliphatic carbocycles. The smallest absolute Gasteiger partial charge is 0.152 e. The van der Waals surface area contributed by atoms with Crippen LogP contribution >= 0.6 is 0 Å². The van der Waals surface area contributed by atoms with Crippen molar-refractivity contribution in [3.8, 4) is 0 Å². The van der Waals surface area contributed by atoms with Gasteiger partial charge in [0.15, 0.2) is 5.34 Å². The Hall–Kier alpha value is -0.680. The Balaban J connectivity index is 0.000000236. The molecule has 2 N–H and O–H groups in total. The first kappa shape index (κ1) is 9.32. The third-order valence-electron chi connectivity index (χ3n) is 1.33. The Morgan fingerprint density at radius 3 is 1.80 bits per heavy atom. The van der Waals surface area contributed by atoms with Gasteiger partial charge in [0.05, 0.1) is 0 Å². The van der Waals surface area contributed by atoms with Gasteiger partial charge in [0.1, 0.15) is 0 Å². The SMILES string of the molecule is O=NO.ON1CCCCC1. The van der Waals surface area contributed by atoms with Gasteiger partial charge in [0, 0.05) is 13.1 Å². The summed E-state index contributed by atoms with van der Waals surface area (Å²) in [5.41, 5.74) is 0. The maximum absolute atomic E-state index is 8.74. The van der Waals surface area contributed by atoms with Crippen LogP contribution in [-0.2, 0) is 0 Å². The van der Waals surface area contributed by atoms with Gasteiger partial charge in [0.2, 0.25) is 0 Å². The minimum atomic E-state index is 0.875. The monoisotopic (exact) mass is 148 g/mol. The van der Waals surface area contributed by atoms with E-state index >= 15 is 0 Å². The molecule has 1 aliphatic rings. The van der Waals surface area contributed by atoms with Gasteiger partial charge >= 0.3 is 0 Å². The van der Waals surface area contributed by atoms with Crippen LogP contribution in [0.1, 0.15) is 19.3 Å². The minimum absolute atomic E-state index is 0.875. The summed E-state index contributed by atoms with van der Waals surface area (Å²) in [5.74, 6) is 0. The maximum atomic E-state index is 8.74. The highest BCUT2D eigenvalue weighted by Crippen LogP contribution is 2.04. The molecule has 0 amide bonds. The van der Waals surface area contributed by atoms with Gasteiger partial charge < -0.3 is 10.4 Å². The van der Waals surface area contributed by atoms with Crippen LogP contribution in [0.2, 0.25) is 0 Å². The second kappa shape index (κ2) is 6.44. The predicted molar refractivity (Wildman–Crippen MR) is 34.8 cm³/mol. The Labute approximate surface area is 59.2 Å². The molecule has 5 heteroatoms. The number of hydrogen-bond donors (Lipinski definition) is 2. The van der Waals surface area contributed by atoms with Crippen LogP contribution < -0.4 is 0 Å². The van der Waals surface area contributed by atoms with Gasteiger partial charge in [-0.2, -0.15) is 5.06 Å². The number of piperidine rings is 1. The number of rotatable bonds is 0. The van der Waals surface area contributed by atoms with E-state index in [-0.39, 0.29) is 0 Å². The first-order valence-electron chi connectivity index (χ1n) is 3.22. The van der Waals surface area contributed by atoms with Crippen molar-refractivity contribution in [1.82, 2.24) is 5.06 Å². The van der Waals surface area contributed by atoms with Crippen molar-refractivity contribution in [2.75, 3.05) is 13.1 Å². The van der Waals surface area contributed by atoms with E-state index in [4.69, 9.17) is 15.3 Å². The summed E-state index contributed by atoms with van der Waals surface area (Å²) in [6.45, 7) is 1.75. The van der Waals surface area contributed by atoms with Gasteiger partial charge in [-0.25, -0.2) is 0 Å². The second-order valence-electron chi connectivity index (χ2n) is 2.10. The zero-order chi connectivity index (χ0) is 7.82. The highest BCUT2D eigenvalue weighted by atomic mass is 16.6. The van der Waals surface area contributed by atoms with Crippen molar-refractivity contribution in [2.45, 2.75) is 19.3 Å². The van der Waals surface area contributed by atoms with Gasteiger partial charge in [-0.05, 0) is 12.8 Å². The highest BCUT2D eigenvalue weighted by molar-refractivity contribution is 4.54. The third-order valence-corrected chi connectivity index (χ3v) is 1.33. The van der Waals surface area contributed by atoms with E-state index < -0.39 is 0 Å². The molecule has 0 unspecified atom stereocenters. The normalized spacial score (nSPS) is 18.9. The average molecular weight is 148 g/mol. The Morgan fingerprint density at radius 2 is 1.60 bits per heavy atom. The lowest BCUT2D eigenvalue weighted by Crippen LogP contribution is -2.25. The quantitative estimate of drug-likeness (QED) is 0.397. The molecule has 1 rings (SSSR count). The van der Waals surface area contributed by atoms with Crippen molar-refractivity contribution in [3.63, 3.8) is 0 Å². The Morgan fingerprint density at radius 1 is 1.20 bits per heavy atom. The lowest BCUT2D eigenvalue weighted by molar-refractivity contribution is -0.103. The van der Waals surface area contributed by atoms with E-state index in [2.05, 4.69) is 0 Å². The molecule has 0 saturated carbocycles. The molecular formula is C5H12N2O3. The Kier molecular flexibility index (Phi) is 6.00. The molecule has 0 aromatic carbocycles. The maximum Gasteiger partial charge on any atom is 0.152 e. The van der Waals surface area contributed by atoms with E-state index in [1.54, 1.807) is 0 Å². The van der Waals surface area contributed by atoms with E-state index in [1.807, 2.05) is 0 Å². The van der Waals surface area contributed by atoms with E-state index in [0.29, 0.717) is 0 Å². The van der Waals surface area contributed by atoms with Gasteiger partial charge in [-0.3, -0.25) is 0 Å². The molecule has 1 fully saturated rings. The van der Waals surface area contributed by atoms with Gasteiger partial charge in [-0.15, -0.1) is 4.91 Å². The summed E-state index contributed by atoms with van der Waals surface area (Å²) in [4.78, 5) is 8.11. The second-order valence-corrected chi connectivity index (χ2v) is 2.10. The lowest BCUT2D eigenvalue weighted by Gasteiger charge is -2.18. The molecule has 0 spiro atoms. The molecule has 1 saturated heterocycles. The third kappa shape index (κ3) is 5.46. The minimum Gasteiger partial charge on any atom is -0.379 e. The molecule has 0 aromatic heterocycles. The molecule has 0 bridgehead atoms. The number of nitrogens with zero attached hydrogens (tertiary/aromatic N) is 2. The molecule has 0 aromatic rings. The number of hydrogen-bond acceptors (Lipinski definition) is 4. The molecule has 5 nitrogen and oxygen atoms in total. The predicted octanol–water partition coefficient (Wildman–Crippen LogP) is 1.00. The lowest BCUT2D eigenvalue weighted by atomic mass is 10.2. The molecule has 1 aliphatic heterocycles. The van der Waals surface area contributed by atoms with Crippen LogP contribution in [0.4, 0.5) is 0 Å². The summed E-state index contributed by atoms with van der Waals surface area (Å²) >= 11 is 0. The van der Waals surface area contributed by atoms with E-state index in [9.17, 15) is 0 Å². The van der Waals surface area contributed by atoms with Crippen LogP contribution in [-0.4, -0.2) is 28.6 Å². The molecule has 10 heavy (non-hydrogen) atoms. The van der Waals surface area contributed by atoms with Crippen LogP contribution in [0, 0.1) is 4.91 Å². The molecule has 0 atom stereocenters. The Bertz CT molecular complexity index is 83.0. The van der Waals surface area contributed by atoms with Crippen molar-refractivity contribution < 1.29 is 10.4 Å². The van der Waals surface area contributed by atoms with Crippen LogP contribution in [0.15, 0.2) is 5.34 Å². The van der Waals surface area contributed by atoms with E-state index in [0.717, 1.165) is 25.9 Å². The number of hydroxylamine groups is 2. The summed E-state index contributed by atoms with van der Waals surface area (Å²) in [7, 11) is 0. The van der Waals surface area contributed by atoms with E-state index in [1.165, 1.54) is 16.8 Å². The summed E-state index contributed by atoms with van der Waals surface area (Å²) in [6, 6.07) is 0. The fourth-order valence-corrected chi connectivity index (χ4v) is 0.877. The fourth-order valence-electron chi connectivity index (χ4n) is 0.877. The van der Waals surface area contributed by atoms with Crippen LogP contribution in [0.3, 0.4) is 0 Å². The largest absolute Gasteiger partial charge is 0.379 e. The summed E-state index contributed by atoms with van der Waals surface area (Å²) < 4.78 is 0. The van der Waals surface area contributed by atoms with Crippen LogP contribution in [0.25, 0.3) is 0 Å². The van der Waals surface area contributed by atoms with Crippen LogP contribution in [0.5, 0.6) is 0 Å². The zero-order valence-electron chi connectivity index (χ0n) is 5.73. The molecule has 1 heterocycles. The topological polar surface area (TPSA) is 73.1 Å². The standard InChI is InChI=1S/C5H11NO.HNO2/c7-6-4-2-1-3-5-6;2-1-3/h7H,1-5H2;(H,2,3). The van der Waals surface area contributed by atoms with Crippen molar-refractivity contribution in [2.24, 2.45) is 5.34 Å². The first-order chi connectivity index (χ1) is 4.81. The molecule has 60 valence electrons. The summed E-state index contributed by atoms with van der Waals surface area (Å²) in [5, 5.41) is 18.0. The van der Waals surface area contributed by atoms with Gasteiger partial charge in [0.25, 0.3) is 0 Å². The highest BCUT2D eigenvalue weighted by Gasteiger charge is 2.04. The fraction of sp³-hybridized carbons (Fsp3) is 1.00. The summed E-state index contributed by atoms with van der Waals surface area (Å²) in [6.07, 6.45) is 3.62. The molecular weight excluding hydrogens is 136 g/mol. The van der Waals surface area contributed by atoms with Gasteiger partial charge in [-0.1, -0.05) is 6.42 Å². The molecule has 0 radical (unpaired) electrons. The average Bonchev–Trinajstić information content (AvgIpc) is 1.91.